The summed E-state index contributed by atoms with van der Waals surface area (Å²) in [6.45, 7) is 0. The molecule has 1 aromatic rings. The van der Waals surface area contributed by atoms with E-state index in [-0.39, 0.29) is 0 Å². The van der Waals surface area contributed by atoms with E-state index in [1.165, 1.54) is 0 Å². The van der Waals surface area contributed by atoms with Gasteiger partial charge in [-0.2, -0.15) is 13.2 Å². The van der Waals surface area contributed by atoms with Crippen LogP contribution >= 0.6 is 11.6 Å². The minimum absolute atomic E-state index is 0.315. The van der Waals surface area contributed by atoms with E-state index in [9.17, 15) is 18.0 Å². The second kappa shape index (κ2) is 3.62. The van der Waals surface area contributed by atoms with Crippen LogP contribution in [0.15, 0.2) is 12.1 Å². The van der Waals surface area contributed by atoms with Crippen LogP contribution in [0.2, 0.25) is 5.02 Å². The minimum atomic E-state index is -4.68. The van der Waals surface area contributed by atoms with Crippen molar-refractivity contribution in [2.45, 2.75) is 6.18 Å². The van der Waals surface area contributed by atoms with Crippen molar-refractivity contribution in [2.24, 2.45) is 0 Å². The molecule has 15 heavy (non-hydrogen) atoms. The highest BCUT2D eigenvalue weighted by Crippen LogP contribution is 2.36. The monoisotopic (exact) mass is 240 g/mol. The molecule has 0 aliphatic heterocycles. The van der Waals surface area contributed by atoms with Crippen molar-refractivity contribution >= 4 is 17.6 Å². The Kier molecular flexibility index (Phi) is 2.81. The van der Waals surface area contributed by atoms with Crippen molar-refractivity contribution in [3.8, 4) is 5.75 Å². The highest BCUT2D eigenvalue weighted by molar-refractivity contribution is 6.34. The Morgan fingerprint density at radius 3 is 2.20 bits per heavy atom. The number of hydrogen-bond donors (Lipinski definition) is 2. The summed E-state index contributed by atoms with van der Waals surface area (Å²) >= 11 is 5.29. The molecule has 3 nitrogen and oxygen atoms in total. The van der Waals surface area contributed by atoms with E-state index in [1.54, 1.807) is 0 Å². The smallest absolute Gasteiger partial charge is 0.416 e. The van der Waals surface area contributed by atoms with Gasteiger partial charge in [0.15, 0.2) is 0 Å². The molecule has 0 heterocycles. The van der Waals surface area contributed by atoms with Gasteiger partial charge in [-0.1, -0.05) is 11.6 Å². The van der Waals surface area contributed by atoms with Crippen LogP contribution in [0.4, 0.5) is 13.2 Å². The molecule has 0 aliphatic carbocycles. The summed E-state index contributed by atoms with van der Waals surface area (Å²) in [5.74, 6) is -2.60. The molecule has 0 aliphatic rings. The average Bonchev–Trinajstić information content (AvgIpc) is 1.99. The van der Waals surface area contributed by atoms with Gasteiger partial charge in [-0.25, -0.2) is 4.79 Å². The third kappa shape index (κ3) is 2.33. The maximum absolute atomic E-state index is 12.2. The third-order valence-corrected chi connectivity index (χ3v) is 1.91. The molecule has 0 aromatic heterocycles. The van der Waals surface area contributed by atoms with E-state index in [0.29, 0.717) is 12.1 Å². The Morgan fingerprint density at radius 1 is 1.33 bits per heavy atom. The SMILES string of the molecule is O=C(O)c1c(O)cc(C(F)(F)F)cc1Cl. The standard InChI is InChI=1S/C8H4ClF3O3/c9-4-1-3(8(10,11)12)2-5(13)6(4)7(14)15/h1-2,13H,(H,14,15). The molecule has 0 saturated carbocycles. The van der Waals surface area contributed by atoms with Gasteiger partial charge in [-0.15, -0.1) is 0 Å². The van der Waals surface area contributed by atoms with Crippen LogP contribution in [0.3, 0.4) is 0 Å². The van der Waals surface area contributed by atoms with Crippen molar-refractivity contribution in [2.75, 3.05) is 0 Å². The number of phenols is 1. The zero-order valence-corrected chi connectivity index (χ0v) is 7.73. The van der Waals surface area contributed by atoms with Gasteiger partial charge in [0.05, 0.1) is 10.6 Å². The van der Waals surface area contributed by atoms with E-state index in [1.807, 2.05) is 0 Å². The zero-order valence-electron chi connectivity index (χ0n) is 6.97. The van der Waals surface area contributed by atoms with Gasteiger partial charge in [0.25, 0.3) is 0 Å². The summed E-state index contributed by atoms with van der Waals surface area (Å²) in [5, 5.41) is 16.9. The Balaban J connectivity index is 3.39. The summed E-state index contributed by atoms with van der Waals surface area (Å²) in [7, 11) is 0. The van der Waals surface area contributed by atoms with Gasteiger partial charge in [0.1, 0.15) is 11.3 Å². The molecular weight excluding hydrogens is 237 g/mol. The molecule has 7 heteroatoms. The fourth-order valence-electron chi connectivity index (χ4n) is 0.968. The number of alkyl halides is 3. The second-order valence-corrected chi connectivity index (χ2v) is 3.06. The lowest BCUT2D eigenvalue weighted by molar-refractivity contribution is -0.137. The van der Waals surface area contributed by atoms with Gasteiger partial charge < -0.3 is 10.2 Å². The second-order valence-electron chi connectivity index (χ2n) is 2.66. The first kappa shape index (κ1) is 11.6. The predicted molar refractivity (Wildman–Crippen MR) is 45.1 cm³/mol. The number of carbonyl (C=O) groups is 1. The first-order chi connectivity index (χ1) is 6.73. The highest BCUT2D eigenvalue weighted by atomic mass is 35.5. The number of carboxylic acids is 1. The average molecular weight is 241 g/mol. The van der Waals surface area contributed by atoms with Crippen molar-refractivity contribution in [1.29, 1.82) is 0 Å². The Hall–Kier alpha value is -1.43. The number of halogens is 4. The van der Waals surface area contributed by atoms with Crippen LogP contribution in [-0.2, 0) is 6.18 Å². The van der Waals surface area contributed by atoms with Gasteiger partial charge in [0, 0.05) is 0 Å². The van der Waals surface area contributed by atoms with Crippen LogP contribution < -0.4 is 0 Å². The largest absolute Gasteiger partial charge is 0.507 e. The Labute approximate surface area is 86.7 Å². The number of hydrogen-bond acceptors (Lipinski definition) is 2. The quantitative estimate of drug-likeness (QED) is 0.794. The van der Waals surface area contributed by atoms with Gasteiger partial charge in [-0.05, 0) is 12.1 Å². The van der Waals surface area contributed by atoms with E-state index in [4.69, 9.17) is 21.8 Å². The van der Waals surface area contributed by atoms with E-state index < -0.39 is 34.0 Å². The first-order valence-electron chi connectivity index (χ1n) is 3.56. The molecule has 0 fully saturated rings. The zero-order chi connectivity index (χ0) is 11.8. The summed E-state index contributed by atoms with van der Waals surface area (Å²) in [5.41, 5.74) is -1.94. The molecule has 0 radical (unpaired) electrons. The van der Waals surface area contributed by atoms with E-state index in [0.717, 1.165) is 0 Å². The van der Waals surface area contributed by atoms with Crippen molar-refractivity contribution in [1.82, 2.24) is 0 Å². The highest BCUT2D eigenvalue weighted by Gasteiger charge is 2.33. The fraction of sp³-hybridized carbons (Fsp3) is 0.125. The van der Waals surface area contributed by atoms with E-state index >= 15 is 0 Å². The molecule has 0 saturated heterocycles. The molecule has 0 bridgehead atoms. The molecule has 1 rings (SSSR count). The van der Waals surface area contributed by atoms with Crippen molar-refractivity contribution < 1.29 is 28.2 Å². The number of aromatic carboxylic acids is 1. The summed E-state index contributed by atoms with van der Waals surface area (Å²) in [6.07, 6.45) is -4.68. The van der Waals surface area contributed by atoms with Crippen molar-refractivity contribution in [3.63, 3.8) is 0 Å². The lowest BCUT2D eigenvalue weighted by Crippen LogP contribution is -2.07. The van der Waals surface area contributed by atoms with Crippen LogP contribution in [0.1, 0.15) is 15.9 Å². The normalized spacial score (nSPS) is 11.5. The van der Waals surface area contributed by atoms with Crippen LogP contribution in [0.5, 0.6) is 5.75 Å². The molecule has 0 spiro atoms. The number of aromatic hydroxyl groups is 1. The van der Waals surface area contributed by atoms with E-state index in [2.05, 4.69) is 0 Å². The minimum Gasteiger partial charge on any atom is -0.507 e. The summed E-state index contributed by atoms with van der Waals surface area (Å²) < 4.78 is 36.5. The van der Waals surface area contributed by atoms with Crippen LogP contribution in [0, 0.1) is 0 Å². The first-order valence-corrected chi connectivity index (χ1v) is 3.94. The topological polar surface area (TPSA) is 57.5 Å². The Morgan fingerprint density at radius 2 is 1.87 bits per heavy atom. The fourth-order valence-corrected chi connectivity index (χ4v) is 1.26. The summed E-state index contributed by atoms with van der Waals surface area (Å²) in [4.78, 5) is 10.5. The molecule has 0 atom stereocenters. The molecule has 1 aromatic carbocycles. The molecule has 82 valence electrons. The molecular formula is C8H4ClF3O3. The lowest BCUT2D eigenvalue weighted by atomic mass is 10.1. The maximum Gasteiger partial charge on any atom is 0.416 e. The lowest BCUT2D eigenvalue weighted by Gasteiger charge is -2.09. The number of benzene rings is 1. The van der Waals surface area contributed by atoms with Crippen LogP contribution in [-0.4, -0.2) is 16.2 Å². The van der Waals surface area contributed by atoms with Crippen LogP contribution in [0.25, 0.3) is 0 Å². The third-order valence-electron chi connectivity index (χ3n) is 1.61. The number of rotatable bonds is 1. The molecule has 2 N–H and O–H groups in total. The summed E-state index contributed by atoms with van der Waals surface area (Å²) in [6, 6.07) is 0.764. The molecule has 0 amide bonds. The van der Waals surface area contributed by atoms with Gasteiger partial charge in [-0.3, -0.25) is 0 Å². The Bertz CT molecular complexity index is 391. The molecule has 0 unspecified atom stereocenters. The van der Waals surface area contributed by atoms with Gasteiger partial charge >= 0.3 is 12.1 Å². The van der Waals surface area contributed by atoms with Crippen molar-refractivity contribution in [3.05, 3.63) is 28.3 Å². The predicted octanol–water partition coefficient (Wildman–Crippen LogP) is 2.76. The number of carboxylic acid groups (broad SMARTS) is 1. The maximum atomic E-state index is 12.2. The van der Waals surface area contributed by atoms with Gasteiger partial charge in [0.2, 0.25) is 0 Å².